The maximum Gasteiger partial charge on any atom is 0.308 e. The highest BCUT2D eigenvalue weighted by molar-refractivity contribution is 9.10. The van der Waals surface area contributed by atoms with Gasteiger partial charge in [0.15, 0.2) is 0 Å². The molecule has 1 aliphatic heterocycles. The predicted molar refractivity (Wildman–Crippen MR) is 65.7 cm³/mol. The number of likely N-dealkylation sites (tertiary alicyclic amines) is 1. The lowest BCUT2D eigenvalue weighted by Crippen LogP contribution is -2.30. The number of carboxylic acids is 1. The van der Waals surface area contributed by atoms with E-state index in [-0.39, 0.29) is 12.1 Å². The summed E-state index contributed by atoms with van der Waals surface area (Å²) < 4.78 is 14.0. The Hall–Kier alpha value is -1.43. The summed E-state index contributed by atoms with van der Waals surface area (Å²) in [4.78, 5) is 24.3. The van der Waals surface area contributed by atoms with Gasteiger partial charge >= 0.3 is 5.97 Å². The number of carboxylic acid groups (broad SMARTS) is 1. The minimum Gasteiger partial charge on any atom is -0.481 e. The van der Waals surface area contributed by atoms with Crippen molar-refractivity contribution in [3.05, 3.63) is 34.1 Å². The average molecular weight is 316 g/mol. The molecule has 1 amide bonds. The Labute approximate surface area is 112 Å². The highest BCUT2D eigenvalue weighted by atomic mass is 79.9. The summed E-state index contributed by atoms with van der Waals surface area (Å²) in [6.07, 6.45) is 0.410. The van der Waals surface area contributed by atoms with Crippen molar-refractivity contribution in [2.24, 2.45) is 5.92 Å². The van der Waals surface area contributed by atoms with Crippen LogP contribution in [0.1, 0.15) is 16.8 Å². The van der Waals surface area contributed by atoms with E-state index in [2.05, 4.69) is 15.9 Å². The summed E-state index contributed by atoms with van der Waals surface area (Å²) >= 11 is 3.14. The second-order valence-corrected chi connectivity index (χ2v) is 5.03. The van der Waals surface area contributed by atoms with Gasteiger partial charge in [0.2, 0.25) is 0 Å². The van der Waals surface area contributed by atoms with Crippen LogP contribution in [0, 0.1) is 11.7 Å². The smallest absolute Gasteiger partial charge is 0.308 e. The Morgan fingerprint density at radius 1 is 1.44 bits per heavy atom. The van der Waals surface area contributed by atoms with Crippen LogP contribution in [0.25, 0.3) is 0 Å². The molecule has 0 radical (unpaired) electrons. The number of amides is 1. The van der Waals surface area contributed by atoms with E-state index in [9.17, 15) is 14.0 Å². The number of aliphatic carboxylic acids is 1. The van der Waals surface area contributed by atoms with E-state index < -0.39 is 23.6 Å². The quantitative estimate of drug-likeness (QED) is 0.909. The molecule has 0 unspecified atom stereocenters. The maximum atomic E-state index is 13.6. The first-order valence-corrected chi connectivity index (χ1v) is 6.26. The molecule has 1 aliphatic rings. The van der Waals surface area contributed by atoms with E-state index in [0.717, 1.165) is 0 Å². The Kier molecular flexibility index (Phi) is 3.65. The van der Waals surface area contributed by atoms with Crippen LogP contribution in [0.3, 0.4) is 0 Å². The third-order valence-corrected chi connectivity index (χ3v) is 3.66. The van der Waals surface area contributed by atoms with E-state index in [1.165, 1.54) is 17.0 Å². The lowest BCUT2D eigenvalue weighted by Gasteiger charge is -2.17. The molecule has 0 aromatic heterocycles. The fraction of sp³-hybridized carbons (Fsp3) is 0.333. The standard InChI is InChI=1S/C12H11BrFNO3/c13-8-2-1-3-9(14)10(8)11(16)15-5-4-7(6-15)12(17)18/h1-3,7H,4-6H2,(H,17,18)/t7-/m0/s1. The zero-order valence-corrected chi connectivity index (χ0v) is 11.0. The molecular weight excluding hydrogens is 305 g/mol. The maximum absolute atomic E-state index is 13.6. The summed E-state index contributed by atoms with van der Waals surface area (Å²) in [7, 11) is 0. The summed E-state index contributed by atoms with van der Waals surface area (Å²) in [6, 6.07) is 4.30. The van der Waals surface area contributed by atoms with Crippen molar-refractivity contribution >= 4 is 27.8 Å². The zero-order chi connectivity index (χ0) is 13.3. The molecule has 1 heterocycles. The van der Waals surface area contributed by atoms with Crippen molar-refractivity contribution in [3.63, 3.8) is 0 Å². The van der Waals surface area contributed by atoms with Crippen LogP contribution >= 0.6 is 15.9 Å². The SMILES string of the molecule is O=C(O)[C@H]1CCN(C(=O)c2c(F)cccc2Br)C1. The van der Waals surface area contributed by atoms with Crippen LogP contribution in [0.2, 0.25) is 0 Å². The lowest BCUT2D eigenvalue weighted by molar-refractivity contribution is -0.141. The molecule has 18 heavy (non-hydrogen) atoms. The number of hydrogen-bond donors (Lipinski definition) is 1. The molecule has 0 bridgehead atoms. The highest BCUT2D eigenvalue weighted by Crippen LogP contribution is 2.25. The first-order chi connectivity index (χ1) is 8.50. The third kappa shape index (κ3) is 2.38. The molecule has 1 aromatic carbocycles. The van der Waals surface area contributed by atoms with Gasteiger partial charge in [0.25, 0.3) is 5.91 Å². The first kappa shape index (κ1) is 13.0. The number of halogens is 2. The molecule has 1 atom stereocenters. The average Bonchev–Trinajstić information content (AvgIpc) is 2.77. The number of rotatable bonds is 2. The number of carbonyl (C=O) groups excluding carboxylic acids is 1. The highest BCUT2D eigenvalue weighted by Gasteiger charge is 2.32. The molecule has 1 N–H and O–H groups in total. The van der Waals surface area contributed by atoms with Gasteiger partial charge in [-0.15, -0.1) is 0 Å². The molecule has 1 saturated heterocycles. The van der Waals surface area contributed by atoms with E-state index in [1.807, 2.05) is 0 Å². The third-order valence-electron chi connectivity index (χ3n) is 3.00. The number of benzene rings is 1. The molecule has 1 aromatic rings. The Morgan fingerprint density at radius 2 is 2.17 bits per heavy atom. The van der Waals surface area contributed by atoms with Crippen LogP contribution in [0.15, 0.2) is 22.7 Å². The van der Waals surface area contributed by atoms with Crippen molar-refractivity contribution in [3.8, 4) is 0 Å². The van der Waals surface area contributed by atoms with Crippen LogP contribution in [0.5, 0.6) is 0 Å². The van der Waals surface area contributed by atoms with E-state index >= 15 is 0 Å². The molecule has 0 aliphatic carbocycles. The molecule has 6 heteroatoms. The topological polar surface area (TPSA) is 57.6 Å². The second-order valence-electron chi connectivity index (χ2n) is 4.17. The summed E-state index contributed by atoms with van der Waals surface area (Å²) in [5, 5.41) is 8.87. The summed E-state index contributed by atoms with van der Waals surface area (Å²) in [5.41, 5.74) is -0.0384. The Morgan fingerprint density at radius 3 is 2.72 bits per heavy atom. The monoisotopic (exact) mass is 315 g/mol. The predicted octanol–water partition coefficient (Wildman–Crippen LogP) is 2.13. The largest absolute Gasteiger partial charge is 0.481 e. The molecular formula is C12H11BrFNO3. The van der Waals surface area contributed by atoms with Gasteiger partial charge in [0.05, 0.1) is 11.5 Å². The van der Waals surface area contributed by atoms with Gasteiger partial charge in [-0.25, -0.2) is 4.39 Å². The zero-order valence-electron chi connectivity index (χ0n) is 9.40. The fourth-order valence-corrected chi connectivity index (χ4v) is 2.52. The van der Waals surface area contributed by atoms with Crippen molar-refractivity contribution in [1.82, 2.24) is 4.90 Å². The molecule has 2 rings (SSSR count). The van der Waals surface area contributed by atoms with Crippen LogP contribution in [-0.4, -0.2) is 35.0 Å². The van der Waals surface area contributed by atoms with Gasteiger partial charge in [-0.3, -0.25) is 9.59 Å². The molecule has 96 valence electrons. The number of hydrogen-bond acceptors (Lipinski definition) is 2. The van der Waals surface area contributed by atoms with Gasteiger partial charge in [-0.05, 0) is 34.5 Å². The van der Waals surface area contributed by atoms with E-state index in [1.54, 1.807) is 6.07 Å². The number of nitrogens with zero attached hydrogens (tertiary/aromatic N) is 1. The minimum atomic E-state index is -0.919. The van der Waals surface area contributed by atoms with Gasteiger partial charge < -0.3 is 10.0 Å². The minimum absolute atomic E-state index is 0.0384. The molecule has 0 saturated carbocycles. The first-order valence-electron chi connectivity index (χ1n) is 5.47. The lowest BCUT2D eigenvalue weighted by atomic mass is 10.1. The van der Waals surface area contributed by atoms with E-state index in [4.69, 9.17) is 5.11 Å². The van der Waals surface area contributed by atoms with Crippen molar-refractivity contribution in [2.75, 3.05) is 13.1 Å². The van der Waals surface area contributed by atoms with E-state index in [0.29, 0.717) is 17.4 Å². The van der Waals surface area contributed by atoms with Gasteiger partial charge in [-0.1, -0.05) is 6.07 Å². The molecule has 4 nitrogen and oxygen atoms in total. The Bertz CT molecular complexity index is 486. The molecule has 1 fully saturated rings. The summed E-state index contributed by atoms with van der Waals surface area (Å²) in [6.45, 7) is 0.478. The van der Waals surface area contributed by atoms with Crippen LogP contribution in [0.4, 0.5) is 4.39 Å². The second kappa shape index (κ2) is 5.06. The fourth-order valence-electron chi connectivity index (χ4n) is 2.01. The molecule has 0 spiro atoms. The Balaban J connectivity index is 2.21. The van der Waals surface area contributed by atoms with Gasteiger partial charge in [0.1, 0.15) is 5.82 Å². The summed E-state index contributed by atoms with van der Waals surface area (Å²) in [5.74, 6) is -2.55. The van der Waals surface area contributed by atoms with Crippen molar-refractivity contribution in [2.45, 2.75) is 6.42 Å². The number of carbonyl (C=O) groups is 2. The normalized spacial score (nSPS) is 19.0. The van der Waals surface area contributed by atoms with Gasteiger partial charge in [-0.2, -0.15) is 0 Å². The van der Waals surface area contributed by atoms with Crippen molar-refractivity contribution < 1.29 is 19.1 Å². The van der Waals surface area contributed by atoms with Gasteiger partial charge in [0, 0.05) is 17.6 Å². The van der Waals surface area contributed by atoms with Crippen molar-refractivity contribution in [1.29, 1.82) is 0 Å². The van der Waals surface area contributed by atoms with Crippen LogP contribution in [-0.2, 0) is 4.79 Å². The van der Waals surface area contributed by atoms with Crippen LogP contribution < -0.4 is 0 Å².